The number of carbonyl (C=O) groups excluding carboxylic acids is 2. The van der Waals surface area contributed by atoms with Gasteiger partial charge in [-0.3, -0.25) is 9.78 Å². The molecule has 0 saturated carbocycles. The number of Topliss-reactive ketones (excluding diaryl/α,β-unsaturated/α-hetero) is 1. The zero-order chi connectivity index (χ0) is 20.7. The number of aromatic amines is 1. The van der Waals surface area contributed by atoms with Gasteiger partial charge in [0.1, 0.15) is 0 Å². The highest BCUT2D eigenvalue weighted by molar-refractivity contribution is 6.10. The summed E-state index contributed by atoms with van der Waals surface area (Å²) >= 11 is 0. The lowest BCUT2D eigenvalue weighted by atomic mass is 9.84. The number of hydrogen-bond donors (Lipinski definition) is 1. The van der Waals surface area contributed by atoms with Crippen LogP contribution in [0.3, 0.4) is 0 Å². The van der Waals surface area contributed by atoms with Crippen molar-refractivity contribution >= 4 is 33.6 Å². The molecule has 1 N–H and O–H groups in total. The molecular weight excluding hydrogens is 376 g/mol. The molecule has 2 aromatic carbocycles. The van der Waals surface area contributed by atoms with Crippen molar-refractivity contribution in [3.05, 3.63) is 77.1 Å². The molecule has 1 unspecified atom stereocenters. The van der Waals surface area contributed by atoms with Crippen LogP contribution < -0.4 is 0 Å². The lowest BCUT2D eigenvalue weighted by molar-refractivity contribution is 0.0475. The summed E-state index contributed by atoms with van der Waals surface area (Å²) in [5.41, 5.74) is 4.72. The maximum Gasteiger partial charge on any atom is 0.339 e. The molecule has 2 aromatic heterocycles. The first kappa shape index (κ1) is 18.6. The molecule has 1 aliphatic rings. The Morgan fingerprint density at radius 3 is 2.73 bits per heavy atom. The molecule has 1 aliphatic carbocycles. The second kappa shape index (κ2) is 7.41. The largest absolute Gasteiger partial charge is 0.454 e. The summed E-state index contributed by atoms with van der Waals surface area (Å²) in [7, 11) is 0. The van der Waals surface area contributed by atoms with Gasteiger partial charge in [-0.25, -0.2) is 4.79 Å². The molecule has 150 valence electrons. The summed E-state index contributed by atoms with van der Waals surface area (Å²) in [6, 6.07) is 15.2. The van der Waals surface area contributed by atoms with E-state index in [1.54, 1.807) is 6.20 Å². The monoisotopic (exact) mass is 398 g/mol. The fraction of sp³-hybridized carbons (Fsp3) is 0.240. The summed E-state index contributed by atoms with van der Waals surface area (Å²) in [6.07, 6.45) is 4.39. The van der Waals surface area contributed by atoms with Crippen LogP contribution in [0, 0.1) is 5.92 Å². The fourth-order valence-electron chi connectivity index (χ4n) is 4.38. The number of carbonyl (C=O) groups is 2. The first-order valence-electron chi connectivity index (χ1n) is 10.3. The molecule has 0 radical (unpaired) electrons. The Hall–Kier alpha value is -3.47. The van der Waals surface area contributed by atoms with Gasteiger partial charge in [-0.15, -0.1) is 0 Å². The van der Waals surface area contributed by atoms with Gasteiger partial charge in [-0.1, -0.05) is 43.3 Å². The highest BCUT2D eigenvalue weighted by Gasteiger charge is 2.26. The van der Waals surface area contributed by atoms with Crippen LogP contribution in [-0.4, -0.2) is 28.3 Å². The van der Waals surface area contributed by atoms with Crippen molar-refractivity contribution in [1.29, 1.82) is 0 Å². The number of pyridine rings is 1. The van der Waals surface area contributed by atoms with Crippen LogP contribution in [0.1, 0.15) is 45.3 Å². The van der Waals surface area contributed by atoms with Crippen LogP contribution in [-0.2, 0) is 17.6 Å². The Balaban J connectivity index is 1.46. The van der Waals surface area contributed by atoms with Gasteiger partial charge in [-0.2, -0.15) is 0 Å². The predicted octanol–water partition coefficient (Wildman–Crippen LogP) is 4.88. The average molecular weight is 398 g/mol. The summed E-state index contributed by atoms with van der Waals surface area (Å²) in [4.78, 5) is 33.8. The zero-order valence-corrected chi connectivity index (χ0v) is 16.8. The van der Waals surface area contributed by atoms with E-state index in [9.17, 15) is 9.59 Å². The standard InChI is InChI=1S/C25H22N2O3/c1-15-10-11-22-18(12-15)24(17-7-3-5-9-21(17)27-22)25(29)30-14-23(28)19-13-26-20-8-4-2-6-16(19)20/h2-9,13,15,26H,10-12,14H2,1H3. The minimum absolute atomic E-state index is 0.221. The van der Waals surface area contributed by atoms with E-state index >= 15 is 0 Å². The third-order valence-electron chi connectivity index (χ3n) is 5.93. The zero-order valence-electron chi connectivity index (χ0n) is 16.8. The number of nitrogens with one attached hydrogen (secondary N) is 1. The molecule has 5 nitrogen and oxygen atoms in total. The highest BCUT2D eigenvalue weighted by atomic mass is 16.5. The van der Waals surface area contributed by atoms with E-state index in [-0.39, 0.29) is 12.4 Å². The van der Waals surface area contributed by atoms with Crippen molar-refractivity contribution in [3.63, 3.8) is 0 Å². The molecule has 30 heavy (non-hydrogen) atoms. The summed E-state index contributed by atoms with van der Waals surface area (Å²) < 4.78 is 5.54. The molecule has 0 saturated heterocycles. The number of ketones is 1. The Morgan fingerprint density at radius 2 is 1.87 bits per heavy atom. The molecule has 0 bridgehead atoms. The lowest BCUT2D eigenvalue weighted by Gasteiger charge is -2.24. The van der Waals surface area contributed by atoms with Crippen molar-refractivity contribution in [2.24, 2.45) is 5.92 Å². The number of aryl methyl sites for hydroxylation is 1. The van der Waals surface area contributed by atoms with E-state index in [2.05, 4.69) is 11.9 Å². The van der Waals surface area contributed by atoms with Gasteiger partial charge in [0, 0.05) is 33.7 Å². The van der Waals surface area contributed by atoms with Crippen LogP contribution >= 0.6 is 0 Å². The van der Waals surface area contributed by atoms with Crippen molar-refractivity contribution in [2.75, 3.05) is 6.61 Å². The fourth-order valence-corrected chi connectivity index (χ4v) is 4.38. The predicted molar refractivity (Wildman–Crippen MR) is 116 cm³/mol. The number of hydrogen-bond acceptors (Lipinski definition) is 4. The van der Waals surface area contributed by atoms with Crippen LogP contribution in [0.4, 0.5) is 0 Å². The number of benzene rings is 2. The molecule has 0 fully saturated rings. The van der Waals surface area contributed by atoms with Crippen molar-refractivity contribution in [1.82, 2.24) is 9.97 Å². The third kappa shape index (κ3) is 3.16. The Morgan fingerprint density at radius 1 is 1.10 bits per heavy atom. The van der Waals surface area contributed by atoms with Gasteiger partial charge in [-0.05, 0) is 42.9 Å². The summed E-state index contributed by atoms with van der Waals surface area (Å²) in [5.74, 6) is -0.187. The van der Waals surface area contributed by atoms with Gasteiger partial charge in [0.25, 0.3) is 0 Å². The number of H-pyrrole nitrogens is 1. The van der Waals surface area contributed by atoms with Gasteiger partial charge < -0.3 is 9.72 Å². The molecule has 4 aromatic rings. The van der Waals surface area contributed by atoms with Crippen molar-refractivity contribution in [2.45, 2.75) is 26.2 Å². The van der Waals surface area contributed by atoms with E-state index in [4.69, 9.17) is 9.72 Å². The van der Waals surface area contributed by atoms with E-state index in [0.717, 1.165) is 52.3 Å². The Bertz CT molecular complexity index is 1290. The minimum atomic E-state index is -0.452. The quantitative estimate of drug-likeness (QED) is 0.393. The summed E-state index contributed by atoms with van der Waals surface area (Å²) in [5, 5.41) is 1.62. The van der Waals surface area contributed by atoms with E-state index in [0.29, 0.717) is 17.0 Å². The van der Waals surface area contributed by atoms with E-state index < -0.39 is 5.97 Å². The van der Waals surface area contributed by atoms with Crippen LogP contribution in [0.25, 0.3) is 21.8 Å². The third-order valence-corrected chi connectivity index (χ3v) is 5.93. The number of para-hydroxylation sites is 2. The van der Waals surface area contributed by atoms with E-state index in [1.165, 1.54) is 0 Å². The molecule has 1 atom stereocenters. The van der Waals surface area contributed by atoms with Crippen molar-refractivity contribution < 1.29 is 14.3 Å². The number of fused-ring (bicyclic) bond motifs is 3. The van der Waals surface area contributed by atoms with Gasteiger partial charge in [0.2, 0.25) is 5.78 Å². The molecule has 0 aliphatic heterocycles. The SMILES string of the molecule is CC1CCc2nc3ccccc3c(C(=O)OCC(=O)c3c[nH]c4ccccc34)c2C1. The maximum atomic E-state index is 13.2. The Kier molecular flexibility index (Phi) is 4.58. The van der Waals surface area contributed by atoms with Gasteiger partial charge in [0.15, 0.2) is 6.61 Å². The van der Waals surface area contributed by atoms with Crippen LogP contribution in [0.2, 0.25) is 0 Å². The molecule has 0 amide bonds. The van der Waals surface area contributed by atoms with Crippen molar-refractivity contribution in [3.8, 4) is 0 Å². The number of ether oxygens (including phenoxy) is 1. The highest BCUT2D eigenvalue weighted by Crippen LogP contribution is 2.32. The molecule has 0 spiro atoms. The molecule has 5 heteroatoms. The first-order chi connectivity index (χ1) is 14.6. The lowest BCUT2D eigenvalue weighted by Crippen LogP contribution is -2.21. The molecular formula is C25H22N2O3. The number of esters is 1. The number of aromatic nitrogens is 2. The number of nitrogens with zero attached hydrogens (tertiary/aromatic N) is 1. The van der Waals surface area contributed by atoms with Gasteiger partial charge >= 0.3 is 5.97 Å². The maximum absolute atomic E-state index is 13.2. The smallest absolute Gasteiger partial charge is 0.339 e. The normalized spacial score (nSPS) is 15.8. The molecule has 2 heterocycles. The van der Waals surface area contributed by atoms with Crippen LogP contribution in [0.15, 0.2) is 54.7 Å². The Labute approximate surface area is 174 Å². The second-order valence-electron chi connectivity index (χ2n) is 8.02. The van der Waals surface area contributed by atoms with Gasteiger partial charge in [0.05, 0.1) is 11.1 Å². The first-order valence-corrected chi connectivity index (χ1v) is 10.3. The summed E-state index contributed by atoms with van der Waals surface area (Å²) in [6.45, 7) is 1.90. The van der Waals surface area contributed by atoms with Crippen LogP contribution in [0.5, 0.6) is 0 Å². The average Bonchev–Trinajstić information content (AvgIpc) is 3.20. The second-order valence-corrected chi connectivity index (χ2v) is 8.02. The molecule has 5 rings (SSSR count). The number of rotatable bonds is 4. The topological polar surface area (TPSA) is 72.0 Å². The van der Waals surface area contributed by atoms with E-state index in [1.807, 2.05) is 48.5 Å². The minimum Gasteiger partial charge on any atom is -0.454 e.